The second kappa shape index (κ2) is 28.0. The van der Waals surface area contributed by atoms with Gasteiger partial charge in [0.15, 0.2) is 0 Å². The predicted octanol–water partition coefficient (Wildman–Crippen LogP) is 17.6. The highest BCUT2D eigenvalue weighted by Gasteiger charge is 2.26. The number of methoxy groups -OCH3 is 8. The molecule has 1 aliphatic rings. The molecule has 0 fully saturated rings. The van der Waals surface area contributed by atoms with Crippen molar-refractivity contribution < 1.29 is 37.9 Å². The molecule has 1 aliphatic carbocycles. The summed E-state index contributed by atoms with van der Waals surface area (Å²) in [5, 5.41) is 0. The van der Waals surface area contributed by atoms with Crippen molar-refractivity contribution in [1.82, 2.24) is 0 Å². The molecule has 0 aromatic heterocycles. The lowest BCUT2D eigenvalue weighted by Crippen LogP contribution is -2.08. The first kappa shape index (κ1) is 62.5. The second-order valence-corrected chi connectivity index (χ2v) is 29.4. The monoisotopic (exact) mass is 1970 g/mol. The normalized spacial score (nSPS) is 12.6. The molecule has 80 heavy (non-hydrogen) atoms. The molecule has 8 aromatic carbocycles. The standard InChI is InChI=1S/C64H56I8O8/c1-73-57-33-9-35-19-50(66)21-37(58(35)74-2)11-39-23-52(68)25-41(60(39)76-4)13-43-27-54(70)29-45(62(43)78-6)15-47-31-56(72)32-48(64(47)80-8)16-46-30-55(71)28-44(63(46)79-7)14-42-26-53(69)24-40(61(42)77-5)12-38-22-51(67)20-36(59(38)75-3)10-34(57)18-49(65)17-33/h17-32H,9-16H2,1-8H3. The molecule has 8 aromatic rings. The van der Waals surface area contributed by atoms with Gasteiger partial charge in [0.05, 0.1) is 56.9 Å². The summed E-state index contributed by atoms with van der Waals surface area (Å²) in [4.78, 5) is 0. The Kier molecular flexibility index (Phi) is 21.9. The summed E-state index contributed by atoms with van der Waals surface area (Å²) in [6, 6.07) is 35.7. The lowest BCUT2D eigenvalue weighted by Gasteiger charge is -2.22. The Labute approximate surface area is 579 Å². The van der Waals surface area contributed by atoms with E-state index in [9.17, 15) is 0 Å². The quantitative estimate of drug-likeness (QED) is 0.139. The van der Waals surface area contributed by atoms with E-state index in [0.717, 1.165) is 164 Å². The van der Waals surface area contributed by atoms with Crippen molar-refractivity contribution >= 4 is 181 Å². The van der Waals surface area contributed by atoms with Gasteiger partial charge in [-0.1, -0.05) is 0 Å². The Bertz CT molecular complexity index is 2770. The van der Waals surface area contributed by atoms with Crippen LogP contribution in [0, 0.1) is 28.6 Å². The number of benzene rings is 8. The van der Waals surface area contributed by atoms with E-state index in [1.54, 1.807) is 56.9 Å². The minimum atomic E-state index is 0.595. The van der Waals surface area contributed by atoms with Crippen LogP contribution >= 0.6 is 181 Å². The van der Waals surface area contributed by atoms with Gasteiger partial charge in [0.2, 0.25) is 0 Å². The Hall–Kier alpha value is -2.00. The Morgan fingerprint density at radius 1 is 0.175 bits per heavy atom. The smallest absolute Gasteiger partial charge is 0.125 e. The van der Waals surface area contributed by atoms with Crippen molar-refractivity contribution in [3.05, 3.63) is 215 Å². The van der Waals surface area contributed by atoms with E-state index in [0.29, 0.717) is 51.4 Å². The van der Waals surface area contributed by atoms with E-state index in [1.807, 2.05) is 0 Å². The summed E-state index contributed by atoms with van der Waals surface area (Å²) >= 11 is 19.5. The molecule has 0 saturated carbocycles. The summed E-state index contributed by atoms with van der Waals surface area (Å²) in [5.74, 6) is 6.77. The molecule has 0 unspecified atom stereocenters. The lowest BCUT2D eigenvalue weighted by molar-refractivity contribution is 0.395. The van der Waals surface area contributed by atoms with Gasteiger partial charge < -0.3 is 37.9 Å². The molecule has 0 saturated heterocycles. The SMILES string of the molecule is COc1c2cc(I)cc1Cc1cc(I)cc(c1OC)Cc1cc(I)cc(c1OC)Cc1cc(I)cc(c1OC)Cc1cc(I)cc(c1OC)Cc1cc(I)cc(c1OC)Cc1cc(I)cc(c1OC)Cc1cc(I)cc(c1OC)C2. The van der Waals surface area contributed by atoms with E-state index in [1.165, 1.54) is 0 Å². The van der Waals surface area contributed by atoms with Crippen molar-refractivity contribution in [2.24, 2.45) is 0 Å². The van der Waals surface area contributed by atoms with Crippen LogP contribution in [-0.2, 0) is 51.4 Å². The predicted molar refractivity (Wildman–Crippen MR) is 388 cm³/mol. The molecule has 0 radical (unpaired) electrons. The average Bonchev–Trinajstić information content (AvgIpc) is 3.48. The zero-order valence-corrected chi connectivity index (χ0v) is 62.4. The molecule has 16 bridgehead atoms. The fourth-order valence-electron chi connectivity index (χ4n) is 11.5. The van der Waals surface area contributed by atoms with Gasteiger partial charge in [-0.25, -0.2) is 0 Å². The number of hydrogen-bond acceptors (Lipinski definition) is 8. The highest BCUT2D eigenvalue weighted by molar-refractivity contribution is 14.1. The van der Waals surface area contributed by atoms with Gasteiger partial charge in [0.1, 0.15) is 46.0 Å². The highest BCUT2D eigenvalue weighted by Crippen LogP contribution is 2.44. The van der Waals surface area contributed by atoms with E-state index >= 15 is 0 Å². The zero-order valence-electron chi connectivity index (χ0n) is 45.2. The molecule has 0 aliphatic heterocycles. The van der Waals surface area contributed by atoms with Gasteiger partial charge in [-0.05, 0) is 367 Å². The Balaban J connectivity index is 1.25. The van der Waals surface area contributed by atoms with Crippen LogP contribution in [0.25, 0.3) is 0 Å². The van der Waals surface area contributed by atoms with Gasteiger partial charge >= 0.3 is 0 Å². The van der Waals surface area contributed by atoms with Crippen molar-refractivity contribution in [2.75, 3.05) is 56.9 Å². The number of ether oxygens (including phenoxy) is 8. The van der Waals surface area contributed by atoms with E-state index in [-0.39, 0.29) is 0 Å². The third-order valence-electron chi connectivity index (χ3n) is 14.3. The molecule has 16 heteroatoms. The molecule has 0 amide bonds. The van der Waals surface area contributed by atoms with Crippen LogP contribution in [0.5, 0.6) is 46.0 Å². The molecule has 0 N–H and O–H groups in total. The number of fused-ring (bicyclic) bond motifs is 16. The van der Waals surface area contributed by atoms with Crippen molar-refractivity contribution in [3.8, 4) is 46.0 Å². The molecule has 0 spiro atoms. The van der Waals surface area contributed by atoms with E-state index < -0.39 is 0 Å². The van der Waals surface area contributed by atoms with Gasteiger partial charge in [0, 0.05) is 79.9 Å². The van der Waals surface area contributed by atoms with Crippen molar-refractivity contribution in [2.45, 2.75) is 51.4 Å². The van der Waals surface area contributed by atoms with Crippen LogP contribution in [-0.4, -0.2) is 56.9 Å². The molecule has 0 atom stereocenters. The molecule has 8 nitrogen and oxygen atoms in total. The summed E-state index contributed by atoms with van der Waals surface area (Å²) in [5.41, 5.74) is 17.2. The number of hydrogen-bond donors (Lipinski definition) is 0. The first-order valence-corrected chi connectivity index (χ1v) is 33.9. The Morgan fingerprint density at radius 2 is 0.250 bits per heavy atom. The summed E-state index contributed by atoms with van der Waals surface area (Å²) < 4.78 is 60.2. The van der Waals surface area contributed by atoms with Crippen molar-refractivity contribution in [3.63, 3.8) is 0 Å². The second-order valence-electron chi connectivity index (χ2n) is 19.5. The van der Waals surface area contributed by atoms with Crippen LogP contribution in [0.1, 0.15) is 89.0 Å². The lowest BCUT2D eigenvalue weighted by atomic mass is 9.91. The maximum atomic E-state index is 6.41. The number of halogens is 8. The minimum Gasteiger partial charge on any atom is -0.496 e. The van der Waals surface area contributed by atoms with Crippen LogP contribution < -0.4 is 37.9 Å². The first-order chi connectivity index (χ1) is 38.5. The van der Waals surface area contributed by atoms with Crippen LogP contribution in [0.4, 0.5) is 0 Å². The number of rotatable bonds is 8. The Morgan fingerprint density at radius 3 is 0.312 bits per heavy atom. The minimum absolute atomic E-state index is 0.595. The molecular formula is C64H56I8O8. The van der Waals surface area contributed by atoms with E-state index in [2.05, 4.69) is 278 Å². The summed E-state index contributed by atoms with van der Waals surface area (Å²) in [7, 11) is 14.2. The average molecular weight is 1970 g/mol. The first-order valence-electron chi connectivity index (χ1n) is 25.3. The molecular weight excluding hydrogens is 1910 g/mol. The zero-order chi connectivity index (χ0) is 57.1. The van der Waals surface area contributed by atoms with Gasteiger partial charge in [-0.2, -0.15) is 0 Å². The third kappa shape index (κ3) is 14.1. The van der Waals surface area contributed by atoms with Crippen LogP contribution in [0.15, 0.2) is 97.1 Å². The van der Waals surface area contributed by atoms with Crippen molar-refractivity contribution in [1.29, 1.82) is 0 Å². The summed E-state index contributed by atoms with van der Waals surface area (Å²) in [6.45, 7) is 0. The third-order valence-corrected chi connectivity index (χ3v) is 19.3. The fourth-order valence-corrected chi connectivity index (χ4v) is 17.5. The van der Waals surface area contributed by atoms with Crippen LogP contribution in [0.3, 0.4) is 0 Å². The fraction of sp³-hybridized carbons (Fsp3) is 0.250. The van der Waals surface area contributed by atoms with Gasteiger partial charge in [0.25, 0.3) is 0 Å². The van der Waals surface area contributed by atoms with Gasteiger partial charge in [-0.15, -0.1) is 0 Å². The summed E-state index contributed by atoms with van der Waals surface area (Å²) in [6.07, 6.45) is 4.76. The van der Waals surface area contributed by atoms with Crippen LogP contribution in [0.2, 0.25) is 0 Å². The maximum Gasteiger partial charge on any atom is 0.125 e. The molecule has 0 heterocycles. The highest BCUT2D eigenvalue weighted by atomic mass is 127. The molecule has 9 rings (SSSR count). The molecule has 416 valence electrons. The van der Waals surface area contributed by atoms with E-state index in [4.69, 9.17) is 37.9 Å². The topological polar surface area (TPSA) is 73.8 Å². The largest absolute Gasteiger partial charge is 0.496 e. The maximum absolute atomic E-state index is 6.41. The van der Waals surface area contributed by atoms with Gasteiger partial charge in [-0.3, -0.25) is 0 Å².